The van der Waals surface area contributed by atoms with Crippen LogP contribution in [-0.4, -0.2) is 32.4 Å². The van der Waals surface area contributed by atoms with Crippen LogP contribution in [0.25, 0.3) is 0 Å². The van der Waals surface area contributed by atoms with Crippen LogP contribution in [0.15, 0.2) is 18.2 Å². The quantitative estimate of drug-likeness (QED) is 0.869. The Hall–Kier alpha value is -1.06. The number of likely N-dealkylation sites (N-methyl/N-ethyl adjacent to an activating group) is 1. The number of hydrogen-bond donors (Lipinski definition) is 1. The molecule has 0 saturated carbocycles. The number of rotatable bonds is 5. The van der Waals surface area contributed by atoms with Gasteiger partial charge in [0.1, 0.15) is 12.4 Å². The fraction of sp³-hybridized carbons (Fsp3) is 0.600. The Morgan fingerprint density at radius 3 is 2.83 bits per heavy atom. The lowest BCUT2D eigenvalue weighted by atomic mass is 10.1. The molecule has 1 fully saturated rings. The molecule has 1 saturated heterocycles. The molecule has 1 heterocycles. The van der Waals surface area contributed by atoms with Crippen LogP contribution in [0.1, 0.15) is 24.0 Å². The van der Waals surface area contributed by atoms with Crippen LogP contribution in [0.5, 0.6) is 5.75 Å². The lowest BCUT2D eigenvalue weighted by molar-refractivity contribution is 0.0192. The van der Waals surface area contributed by atoms with Crippen molar-refractivity contribution in [1.82, 2.24) is 5.32 Å². The first-order chi connectivity index (χ1) is 8.69. The molecule has 2 atom stereocenters. The van der Waals surface area contributed by atoms with Crippen molar-refractivity contribution in [3.8, 4) is 5.75 Å². The molecule has 3 heteroatoms. The summed E-state index contributed by atoms with van der Waals surface area (Å²) in [4.78, 5) is 0. The third-order valence-electron chi connectivity index (χ3n) is 3.40. The van der Waals surface area contributed by atoms with Crippen LogP contribution in [0.2, 0.25) is 0 Å². The Labute approximate surface area is 109 Å². The molecule has 18 heavy (non-hydrogen) atoms. The molecular weight excluding hydrogens is 226 g/mol. The highest BCUT2D eigenvalue weighted by Crippen LogP contribution is 2.23. The molecular formula is C15H23NO2. The Bertz CT molecular complexity index is 392. The van der Waals surface area contributed by atoms with E-state index in [1.54, 1.807) is 0 Å². The normalized spacial score (nSPS) is 23.3. The van der Waals surface area contributed by atoms with Gasteiger partial charge in [-0.05, 0) is 50.9 Å². The summed E-state index contributed by atoms with van der Waals surface area (Å²) in [5, 5.41) is 3.15. The average molecular weight is 249 g/mol. The third kappa shape index (κ3) is 3.47. The van der Waals surface area contributed by atoms with Crippen LogP contribution < -0.4 is 10.1 Å². The zero-order valence-corrected chi connectivity index (χ0v) is 11.5. The minimum absolute atomic E-state index is 0.239. The number of ether oxygens (including phenoxy) is 2. The van der Waals surface area contributed by atoms with Gasteiger partial charge in [0.15, 0.2) is 0 Å². The van der Waals surface area contributed by atoms with Crippen molar-refractivity contribution in [1.29, 1.82) is 0 Å². The molecule has 1 aromatic carbocycles. The van der Waals surface area contributed by atoms with Gasteiger partial charge in [-0.3, -0.25) is 0 Å². The van der Waals surface area contributed by atoms with Gasteiger partial charge in [0.25, 0.3) is 0 Å². The van der Waals surface area contributed by atoms with Crippen molar-refractivity contribution in [2.24, 2.45) is 0 Å². The first-order valence-corrected chi connectivity index (χ1v) is 6.69. The molecule has 0 aliphatic carbocycles. The molecule has 1 aliphatic heterocycles. The zero-order valence-electron chi connectivity index (χ0n) is 11.5. The van der Waals surface area contributed by atoms with Crippen molar-refractivity contribution in [3.05, 3.63) is 29.3 Å². The fourth-order valence-corrected chi connectivity index (χ4v) is 2.33. The molecule has 2 rings (SSSR count). The van der Waals surface area contributed by atoms with Crippen LogP contribution in [0, 0.1) is 13.8 Å². The molecule has 1 N–H and O–H groups in total. The maximum Gasteiger partial charge on any atom is 0.122 e. The number of benzene rings is 1. The van der Waals surface area contributed by atoms with Crippen molar-refractivity contribution >= 4 is 0 Å². The molecule has 1 aromatic rings. The molecule has 1 aliphatic rings. The molecule has 0 amide bonds. The predicted octanol–water partition coefficient (Wildman–Crippen LogP) is 2.45. The highest BCUT2D eigenvalue weighted by molar-refractivity contribution is 5.35. The predicted molar refractivity (Wildman–Crippen MR) is 73.2 cm³/mol. The van der Waals surface area contributed by atoms with Crippen molar-refractivity contribution in [2.45, 2.75) is 38.9 Å². The minimum atomic E-state index is 0.239. The van der Waals surface area contributed by atoms with Gasteiger partial charge in [-0.2, -0.15) is 0 Å². The Morgan fingerprint density at radius 2 is 2.06 bits per heavy atom. The fourth-order valence-electron chi connectivity index (χ4n) is 2.33. The highest BCUT2D eigenvalue weighted by atomic mass is 16.5. The Morgan fingerprint density at radius 1 is 1.28 bits per heavy atom. The van der Waals surface area contributed by atoms with E-state index in [-0.39, 0.29) is 6.10 Å². The minimum Gasteiger partial charge on any atom is -0.491 e. The summed E-state index contributed by atoms with van der Waals surface area (Å²) >= 11 is 0. The van der Waals surface area contributed by atoms with Crippen LogP contribution in [0.3, 0.4) is 0 Å². The molecule has 100 valence electrons. The van der Waals surface area contributed by atoms with Gasteiger partial charge < -0.3 is 14.8 Å². The van der Waals surface area contributed by atoms with E-state index in [1.165, 1.54) is 11.1 Å². The van der Waals surface area contributed by atoms with Crippen molar-refractivity contribution in [2.75, 3.05) is 20.2 Å². The van der Waals surface area contributed by atoms with E-state index in [4.69, 9.17) is 9.47 Å². The number of hydrogen-bond acceptors (Lipinski definition) is 3. The Balaban J connectivity index is 1.83. The smallest absolute Gasteiger partial charge is 0.122 e. The maximum absolute atomic E-state index is 5.91. The van der Waals surface area contributed by atoms with E-state index in [2.05, 4.69) is 37.4 Å². The molecule has 3 nitrogen and oxygen atoms in total. The van der Waals surface area contributed by atoms with Gasteiger partial charge in [0.2, 0.25) is 0 Å². The molecule has 0 aromatic heterocycles. The van der Waals surface area contributed by atoms with E-state index in [9.17, 15) is 0 Å². The first kappa shape index (κ1) is 13.4. The van der Waals surface area contributed by atoms with Gasteiger partial charge in [-0.25, -0.2) is 0 Å². The second kappa shape index (κ2) is 6.21. The third-order valence-corrected chi connectivity index (χ3v) is 3.40. The molecule has 2 unspecified atom stereocenters. The molecule has 0 bridgehead atoms. The Kier molecular flexibility index (Phi) is 4.61. The molecule has 0 radical (unpaired) electrons. The molecule has 0 spiro atoms. The summed E-state index contributed by atoms with van der Waals surface area (Å²) in [6.45, 7) is 5.75. The van der Waals surface area contributed by atoms with Gasteiger partial charge in [0.05, 0.1) is 12.2 Å². The first-order valence-electron chi connectivity index (χ1n) is 6.69. The van der Waals surface area contributed by atoms with Gasteiger partial charge >= 0.3 is 0 Å². The van der Waals surface area contributed by atoms with Gasteiger partial charge in [0, 0.05) is 6.54 Å². The lowest BCUT2D eigenvalue weighted by Crippen LogP contribution is -2.25. The van der Waals surface area contributed by atoms with E-state index < -0.39 is 0 Å². The van der Waals surface area contributed by atoms with Crippen LogP contribution in [0.4, 0.5) is 0 Å². The van der Waals surface area contributed by atoms with Crippen LogP contribution >= 0.6 is 0 Å². The standard InChI is InChI=1S/C15H23NO2/c1-11-4-5-12(2)15(8-11)17-10-14-7-6-13(18-14)9-16-3/h4-5,8,13-14,16H,6-7,9-10H2,1-3H3. The lowest BCUT2D eigenvalue weighted by Gasteiger charge is -2.15. The second-order valence-electron chi connectivity index (χ2n) is 5.10. The number of aryl methyl sites for hydroxylation is 2. The largest absolute Gasteiger partial charge is 0.491 e. The summed E-state index contributed by atoms with van der Waals surface area (Å²) in [6, 6.07) is 6.30. The van der Waals surface area contributed by atoms with Gasteiger partial charge in [-0.1, -0.05) is 12.1 Å². The summed E-state index contributed by atoms with van der Waals surface area (Å²) < 4.78 is 11.8. The summed E-state index contributed by atoms with van der Waals surface area (Å²) in [5.41, 5.74) is 2.42. The van der Waals surface area contributed by atoms with Crippen molar-refractivity contribution in [3.63, 3.8) is 0 Å². The van der Waals surface area contributed by atoms with E-state index in [0.717, 1.165) is 25.1 Å². The van der Waals surface area contributed by atoms with Crippen molar-refractivity contribution < 1.29 is 9.47 Å². The number of nitrogens with one attached hydrogen (secondary N) is 1. The zero-order chi connectivity index (χ0) is 13.0. The van der Waals surface area contributed by atoms with E-state index in [1.807, 2.05) is 7.05 Å². The maximum atomic E-state index is 5.91. The van der Waals surface area contributed by atoms with Crippen LogP contribution in [-0.2, 0) is 4.74 Å². The summed E-state index contributed by atoms with van der Waals surface area (Å²) in [7, 11) is 1.96. The second-order valence-corrected chi connectivity index (χ2v) is 5.10. The van der Waals surface area contributed by atoms with E-state index in [0.29, 0.717) is 12.7 Å². The summed E-state index contributed by atoms with van der Waals surface area (Å²) in [5.74, 6) is 0.982. The highest BCUT2D eigenvalue weighted by Gasteiger charge is 2.25. The summed E-state index contributed by atoms with van der Waals surface area (Å²) in [6.07, 6.45) is 2.81. The average Bonchev–Trinajstić information content (AvgIpc) is 2.79. The van der Waals surface area contributed by atoms with E-state index >= 15 is 0 Å². The topological polar surface area (TPSA) is 30.5 Å². The van der Waals surface area contributed by atoms with Gasteiger partial charge in [-0.15, -0.1) is 0 Å². The SMILES string of the molecule is CNCC1CCC(COc2cc(C)ccc2C)O1. The monoisotopic (exact) mass is 249 g/mol.